The van der Waals surface area contributed by atoms with Gasteiger partial charge in [-0.05, 0) is 30.2 Å². The van der Waals surface area contributed by atoms with Crippen LogP contribution in [0.5, 0.6) is 0 Å². The summed E-state index contributed by atoms with van der Waals surface area (Å²) in [6, 6.07) is 5.95. The van der Waals surface area contributed by atoms with Gasteiger partial charge < -0.3 is 21.2 Å². The van der Waals surface area contributed by atoms with Gasteiger partial charge in [-0.1, -0.05) is 0 Å². The number of anilines is 2. The van der Waals surface area contributed by atoms with E-state index in [-0.39, 0.29) is 0 Å². The molecule has 1 heterocycles. The third-order valence-corrected chi connectivity index (χ3v) is 2.78. The summed E-state index contributed by atoms with van der Waals surface area (Å²) in [6.45, 7) is 0.677. The van der Waals surface area contributed by atoms with Gasteiger partial charge in [0.1, 0.15) is 0 Å². The molecule has 0 bridgehead atoms. The van der Waals surface area contributed by atoms with Crippen LogP contribution in [0, 0.1) is 0 Å². The van der Waals surface area contributed by atoms with Crippen LogP contribution in [-0.2, 0) is 11.2 Å². The van der Waals surface area contributed by atoms with Gasteiger partial charge in [0, 0.05) is 30.6 Å². The van der Waals surface area contributed by atoms with E-state index in [0.29, 0.717) is 18.0 Å². The van der Waals surface area contributed by atoms with E-state index in [1.165, 1.54) is 0 Å². The molecule has 0 unspecified atom stereocenters. The molecule has 90 valence electrons. The van der Waals surface area contributed by atoms with E-state index >= 15 is 0 Å². The van der Waals surface area contributed by atoms with Crippen molar-refractivity contribution in [2.75, 3.05) is 25.2 Å². The summed E-state index contributed by atoms with van der Waals surface area (Å²) in [7, 11) is 1.69. The molecule has 0 saturated carbocycles. The number of nitrogens with one attached hydrogen (secondary N) is 1. The van der Waals surface area contributed by atoms with E-state index in [1.54, 1.807) is 7.11 Å². The van der Waals surface area contributed by atoms with E-state index in [1.807, 2.05) is 24.5 Å². The van der Waals surface area contributed by atoms with Gasteiger partial charge in [-0.2, -0.15) is 0 Å². The summed E-state index contributed by atoms with van der Waals surface area (Å²) in [5.41, 5.74) is 16.3. The van der Waals surface area contributed by atoms with Crippen molar-refractivity contribution in [1.29, 1.82) is 0 Å². The molecule has 17 heavy (non-hydrogen) atoms. The number of ether oxygens (including phenoxy) is 1. The summed E-state index contributed by atoms with van der Waals surface area (Å²) in [6.07, 6.45) is 4.61. The standard InChI is InChI=1S/C13H17N3O/c1-17-5-3-9-6-11(10-2-4-16-8-10)13(15)12(14)7-9/h2,4,6-8,16H,3,5,14-15H2,1H3. The molecule has 4 heteroatoms. The zero-order valence-electron chi connectivity index (χ0n) is 9.86. The van der Waals surface area contributed by atoms with E-state index in [9.17, 15) is 0 Å². The average molecular weight is 231 g/mol. The number of aromatic nitrogens is 1. The summed E-state index contributed by atoms with van der Waals surface area (Å²) >= 11 is 0. The van der Waals surface area contributed by atoms with Crippen LogP contribution in [0.15, 0.2) is 30.6 Å². The van der Waals surface area contributed by atoms with Gasteiger partial charge in [-0.3, -0.25) is 0 Å². The highest BCUT2D eigenvalue weighted by Gasteiger charge is 2.08. The van der Waals surface area contributed by atoms with Crippen molar-refractivity contribution < 1.29 is 4.74 Å². The Morgan fingerprint density at radius 2 is 2.12 bits per heavy atom. The molecule has 1 aromatic heterocycles. The first-order valence-corrected chi connectivity index (χ1v) is 5.52. The lowest BCUT2D eigenvalue weighted by Crippen LogP contribution is -2.01. The van der Waals surface area contributed by atoms with Gasteiger partial charge in [0.05, 0.1) is 18.0 Å². The Morgan fingerprint density at radius 3 is 2.76 bits per heavy atom. The first-order chi connectivity index (χ1) is 8.22. The lowest BCUT2D eigenvalue weighted by molar-refractivity contribution is 0.202. The lowest BCUT2D eigenvalue weighted by atomic mass is 10.0. The highest BCUT2D eigenvalue weighted by molar-refractivity contribution is 5.84. The fraction of sp³-hybridized carbons (Fsp3) is 0.231. The van der Waals surface area contributed by atoms with Gasteiger partial charge in [0.15, 0.2) is 0 Å². The molecule has 0 fully saturated rings. The summed E-state index contributed by atoms with van der Waals surface area (Å²) < 4.78 is 5.07. The van der Waals surface area contributed by atoms with Crippen LogP contribution in [0.3, 0.4) is 0 Å². The van der Waals surface area contributed by atoms with Crippen LogP contribution < -0.4 is 11.5 Å². The molecule has 2 aromatic rings. The number of aromatic amines is 1. The minimum absolute atomic E-state index is 0.620. The van der Waals surface area contributed by atoms with Gasteiger partial charge >= 0.3 is 0 Å². The minimum Gasteiger partial charge on any atom is -0.397 e. The largest absolute Gasteiger partial charge is 0.397 e. The molecule has 0 aliphatic rings. The number of benzene rings is 1. The lowest BCUT2D eigenvalue weighted by Gasteiger charge is -2.10. The molecule has 0 atom stereocenters. The fourth-order valence-electron chi connectivity index (χ4n) is 1.83. The Hall–Kier alpha value is -1.94. The molecular weight excluding hydrogens is 214 g/mol. The van der Waals surface area contributed by atoms with Crippen LogP contribution in [0.4, 0.5) is 11.4 Å². The van der Waals surface area contributed by atoms with Crippen molar-refractivity contribution >= 4 is 11.4 Å². The van der Waals surface area contributed by atoms with Crippen LogP contribution in [0.2, 0.25) is 0 Å². The second kappa shape index (κ2) is 4.93. The van der Waals surface area contributed by atoms with Gasteiger partial charge in [-0.25, -0.2) is 0 Å². The number of nitrogens with two attached hydrogens (primary N) is 2. The quantitative estimate of drug-likeness (QED) is 0.705. The Labute approximate surface area is 101 Å². The fourth-order valence-corrected chi connectivity index (χ4v) is 1.83. The van der Waals surface area contributed by atoms with Crippen molar-refractivity contribution in [3.8, 4) is 11.1 Å². The maximum atomic E-state index is 6.00. The zero-order valence-corrected chi connectivity index (χ0v) is 9.86. The first-order valence-electron chi connectivity index (χ1n) is 5.52. The molecule has 1 aromatic carbocycles. The molecule has 0 aliphatic heterocycles. The maximum absolute atomic E-state index is 6.00. The second-order valence-electron chi connectivity index (χ2n) is 3.99. The molecule has 0 saturated heterocycles. The molecule has 4 nitrogen and oxygen atoms in total. The molecule has 0 aliphatic carbocycles. The molecular formula is C13H17N3O. The molecule has 0 amide bonds. The van der Waals surface area contributed by atoms with E-state index < -0.39 is 0 Å². The molecule has 5 N–H and O–H groups in total. The predicted molar refractivity (Wildman–Crippen MR) is 70.6 cm³/mol. The summed E-state index contributed by atoms with van der Waals surface area (Å²) in [5.74, 6) is 0. The maximum Gasteiger partial charge on any atom is 0.0628 e. The summed E-state index contributed by atoms with van der Waals surface area (Å²) in [4.78, 5) is 3.02. The van der Waals surface area contributed by atoms with E-state index in [4.69, 9.17) is 16.2 Å². The van der Waals surface area contributed by atoms with Crippen LogP contribution in [0.1, 0.15) is 5.56 Å². The highest BCUT2D eigenvalue weighted by Crippen LogP contribution is 2.31. The van der Waals surface area contributed by atoms with Crippen LogP contribution >= 0.6 is 0 Å². The Balaban J connectivity index is 2.40. The van der Waals surface area contributed by atoms with Crippen molar-refractivity contribution in [1.82, 2.24) is 4.98 Å². The molecule has 0 radical (unpaired) electrons. The third-order valence-electron chi connectivity index (χ3n) is 2.78. The van der Waals surface area contributed by atoms with Crippen LogP contribution in [0.25, 0.3) is 11.1 Å². The SMILES string of the molecule is COCCc1cc(N)c(N)c(-c2cc[nH]c2)c1. The van der Waals surface area contributed by atoms with Gasteiger partial charge in [0.25, 0.3) is 0 Å². The number of methoxy groups -OCH3 is 1. The van der Waals surface area contributed by atoms with Gasteiger partial charge in [-0.15, -0.1) is 0 Å². The normalized spacial score (nSPS) is 10.6. The zero-order chi connectivity index (χ0) is 12.3. The topological polar surface area (TPSA) is 77.1 Å². The van der Waals surface area contributed by atoms with Crippen molar-refractivity contribution in [2.45, 2.75) is 6.42 Å². The van der Waals surface area contributed by atoms with E-state index in [2.05, 4.69) is 11.1 Å². The van der Waals surface area contributed by atoms with Crippen molar-refractivity contribution in [3.63, 3.8) is 0 Å². The monoisotopic (exact) mass is 231 g/mol. The second-order valence-corrected chi connectivity index (χ2v) is 3.99. The molecule has 2 rings (SSSR count). The number of hydrogen-bond donors (Lipinski definition) is 3. The van der Waals surface area contributed by atoms with Gasteiger partial charge in [0.2, 0.25) is 0 Å². The predicted octanol–water partition coefficient (Wildman–Crippen LogP) is 2.04. The smallest absolute Gasteiger partial charge is 0.0628 e. The highest BCUT2D eigenvalue weighted by atomic mass is 16.5. The van der Waals surface area contributed by atoms with E-state index in [0.717, 1.165) is 23.1 Å². The number of H-pyrrole nitrogens is 1. The van der Waals surface area contributed by atoms with Crippen molar-refractivity contribution in [2.24, 2.45) is 0 Å². The Kier molecular flexibility index (Phi) is 3.35. The number of nitrogen functional groups attached to an aromatic ring is 2. The Morgan fingerprint density at radius 1 is 1.29 bits per heavy atom. The summed E-state index contributed by atoms with van der Waals surface area (Å²) in [5, 5.41) is 0. The average Bonchev–Trinajstić information content (AvgIpc) is 2.84. The number of rotatable bonds is 4. The minimum atomic E-state index is 0.620. The first kappa shape index (κ1) is 11.5. The third kappa shape index (κ3) is 2.42. The van der Waals surface area contributed by atoms with Crippen LogP contribution in [-0.4, -0.2) is 18.7 Å². The molecule has 0 spiro atoms. The Bertz CT molecular complexity index is 492. The number of hydrogen-bond acceptors (Lipinski definition) is 3. The van der Waals surface area contributed by atoms with Crippen molar-refractivity contribution in [3.05, 3.63) is 36.2 Å².